The van der Waals surface area contributed by atoms with E-state index in [0.29, 0.717) is 17.8 Å². The van der Waals surface area contributed by atoms with Crippen LogP contribution in [-0.4, -0.2) is 39.4 Å². The van der Waals surface area contributed by atoms with Gasteiger partial charge in [0, 0.05) is 17.5 Å². The molecule has 0 radical (unpaired) electrons. The topological polar surface area (TPSA) is 82.5 Å². The molecular formula is C36H49N3O4. The number of amides is 1. The number of imidazole rings is 1. The SMILES string of the molecule is CC(C)C(NC(=O)OC(C)(C)C)C(=O)OC1CCC2(C)C(=CCC3C2CCC2(C)C(n4cnc5ccccc54)=CCC32)C1. The fraction of sp³-hybridized carbons (Fsp3) is 0.639. The number of para-hydroxylation sites is 2. The molecule has 2 fully saturated rings. The smallest absolute Gasteiger partial charge is 0.408 e. The molecule has 6 rings (SSSR count). The zero-order chi connectivity index (χ0) is 30.7. The van der Waals surface area contributed by atoms with Gasteiger partial charge in [0.1, 0.15) is 24.1 Å². The van der Waals surface area contributed by atoms with Crippen molar-refractivity contribution in [1.29, 1.82) is 0 Å². The monoisotopic (exact) mass is 587 g/mol. The van der Waals surface area contributed by atoms with Gasteiger partial charge in [-0.1, -0.05) is 57.6 Å². The summed E-state index contributed by atoms with van der Waals surface area (Å²) >= 11 is 0. The first kappa shape index (κ1) is 30.0. The molecule has 7 nitrogen and oxygen atoms in total. The molecule has 0 aliphatic heterocycles. The van der Waals surface area contributed by atoms with Crippen LogP contribution in [0.5, 0.6) is 0 Å². The minimum absolute atomic E-state index is 0.106. The van der Waals surface area contributed by atoms with Crippen LogP contribution in [0.3, 0.4) is 0 Å². The highest BCUT2D eigenvalue weighted by Gasteiger charge is 2.57. The largest absolute Gasteiger partial charge is 0.461 e. The van der Waals surface area contributed by atoms with Crippen LogP contribution in [0.2, 0.25) is 0 Å². The molecule has 0 spiro atoms. The lowest BCUT2D eigenvalue weighted by atomic mass is 9.47. The van der Waals surface area contributed by atoms with Crippen LogP contribution in [0.1, 0.15) is 93.4 Å². The third kappa shape index (κ3) is 5.31. The van der Waals surface area contributed by atoms with Gasteiger partial charge in [-0.15, -0.1) is 0 Å². The second-order valence-electron chi connectivity index (χ2n) is 15.3. The molecule has 2 aromatic rings. The fourth-order valence-corrected chi connectivity index (χ4v) is 8.97. The van der Waals surface area contributed by atoms with Gasteiger partial charge in [0.05, 0.1) is 11.0 Å². The van der Waals surface area contributed by atoms with E-state index in [4.69, 9.17) is 14.5 Å². The second-order valence-corrected chi connectivity index (χ2v) is 15.3. The second kappa shape index (κ2) is 10.8. The van der Waals surface area contributed by atoms with Crippen molar-refractivity contribution >= 4 is 28.8 Å². The Morgan fingerprint density at radius 3 is 2.51 bits per heavy atom. The predicted octanol–water partition coefficient (Wildman–Crippen LogP) is 7.91. The van der Waals surface area contributed by atoms with Crippen molar-refractivity contribution in [2.24, 2.45) is 34.5 Å². The maximum absolute atomic E-state index is 13.3. The van der Waals surface area contributed by atoms with Gasteiger partial charge < -0.3 is 19.4 Å². The third-order valence-electron chi connectivity index (χ3n) is 11.2. The van der Waals surface area contributed by atoms with E-state index >= 15 is 0 Å². The summed E-state index contributed by atoms with van der Waals surface area (Å²) in [5.41, 5.74) is 4.81. The molecule has 4 aliphatic rings. The number of esters is 1. The van der Waals surface area contributed by atoms with Crippen molar-refractivity contribution in [3.8, 4) is 0 Å². The Labute approximate surface area is 256 Å². The van der Waals surface area contributed by atoms with Crippen LogP contribution >= 0.6 is 0 Å². The Morgan fingerprint density at radius 2 is 1.77 bits per heavy atom. The fourth-order valence-electron chi connectivity index (χ4n) is 8.97. The van der Waals surface area contributed by atoms with E-state index in [0.717, 1.165) is 37.6 Å². The molecule has 7 unspecified atom stereocenters. The number of ether oxygens (including phenoxy) is 2. The quantitative estimate of drug-likeness (QED) is 0.284. The lowest BCUT2D eigenvalue weighted by Crippen LogP contribution is -2.51. The van der Waals surface area contributed by atoms with E-state index < -0.39 is 17.7 Å². The maximum Gasteiger partial charge on any atom is 0.408 e. The third-order valence-corrected chi connectivity index (χ3v) is 11.2. The number of benzene rings is 1. The number of carbonyl (C=O) groups excluding carboxylic acids is 2. The van der Waals surface area contributed by atoms with Crippen LogP contribution in [0.25, 0.3) is 16.7 Å². The van der Waals surface area contributed by atoms with Crippen molar-refractivity contribution in [2.75, 3.05) is 0 Å². The van der Waals surface area contributed by atoms with Crippen molar-refractivity contribution in [1.82, 2.24) is 14.9 Å². The molecular weight excluding hydrogens is 538 g/mol. The molecule has 1 amide bonds. The lowest BCUT2D eigenvalue weighted by molar-refractivity contribution is -0.155. The first-order valence-corrected chi connectivity index (χ1v) is 16.3. The van der Waals surface area contributed by atoms with Crippen molar-refractivity contribution in [3.63, 3.8) is 0 Å². The molecule has 232 valence electrons. The van der Waals surface area contributed by atoms with E-state index in [1.807, 2.05) is 40.9 Å². The Balaban J connectivity index is 1.14. The van der Waals surface area contributed by atoms with Crippen molar-refractivity contribution in [2.45, 2.75) is 111 Å². The molecule has 43 heavy (non-hydrogen) atoms. The van der Waals surface area contributed by atoms with Crippen molar-refractivity contribution in [3.05, 3.63) is 48.3 Å². The molecule has 4 aliphatic carbocycles. The molecule has 1 aromatic heterocycles. The van der Waals surface area contributed by atoms with Crippen LogP contribution in [-0.2, 0) is 14.3 Å². The van der Waals surface area contributed by atoms with E-state index in [-0.39, 0.29) is 28.8 Å². The van der Waals surface area contributed by atoms with E-state index in [1.165, 1.54) is 29.6 Å². The summed E-state index contributed by atoms with van der Waals surface area (Å²) in [4.78, 5) is 30.4. The highest BCUT2D eigenvalue weighted by Crippen LogP contribution is 2.65. The van der Waals surface area contributed by atoms with Gasteiger partial charge in [-0.05, 0) is 101 Å². The summed E-state index contributed by atoms with van der Waals surface area (Å²) in [6.45, 7) is 14.2. The minimum atomic E-state index is -0.736. The van der Waals surface area contributed by atoms with Gasteiger partial charge in [-0.25, -0.2) is 14.6 Å². The van der Waals surface area contributed by atoms with Crippen LogP contribution in [0.4, 0.5) is 4.79 Å². The maximum atomic E-state index is 13.3. The molecule has 7 atom stereocenters. The van der Waals surface area contributed by atoms with Crippen molar-refractivity contribution < 1.29 is 19.1 Å². The average molecular weight is 588 g/mol. The van der Waals surface area contributed by atoms with Crippen LogP contribution in [0.15, 0.2) is 48.3 Å². The molecule has 7 heteroatoms. The van der Waals surface area contributed by atoms with Gasteiger partial charge >= 0.3 is 12.1 Å². The van der Waals surface area contributed by atoms with Gasteiger partial charge in [-0.3, -0.25) is 0 Å². The summed E-state index contributed by atoms with van der Waals surface area (Å²) < 4.78 is 13.8. The highest BCUT2D eigenvalue weighted by atomic mass is 16.6. The summed E-state index contributed by atoms with van der Waals surface area (Å²) in [5.74, 6) is 1.45. The predicted molar refractivity (Wildman–Crippen MR) is 169 cm³/mol. The number of rotatable bonds is 5. The average Bonchev–Trinajstić information content (AvgIpc) is 3.51. The molecule has 0 saturated heterocycles. The number of allylic oxidation sites excluding steroid dienone is 3. The molecule has 1 heterocycles. The molecule has 0 bridgehead atoms. The summed E-state index contributed by atoms with van der Waals surface area (Å²) in [5, 5.41) is 2.75. The normalized spacial score (nSPS) is 32.7. The zero-order valence-corrected chi connectivity index (χ0v) is 27.0. The Hall–Kier alpha value is -3.09. The number of alkyl carbamates (subject to hydrolysis) is 1. The number of nitrogens with zero attached hydrogens (tertiary/aromatic N) is 2. The molecule has 2 saturated carbocycles. The van der Waals surface area contributed by atoms with Crippen LogP contribution < -0.4 is 5.32 Å². The zero-order valence-electron chi connectivity index (χ0n) is 27.0. The number of hydrogen-bond acceptors (Lipinski definition) is 5. The van der Waals surface area contributed by atoms with E-state index in [1.54, 1.807) is 0 Å². The number of carbonyl (C=O) groups is 2. The van der Waals surface area contributed by atoms with Gasteiger partial charge in [-0.2, -0.15) is 0 Å². The van der Waals surface area contributed by atoms with Gasteiger partial charge in [0.2, 0.25) is 0 Å². The number of aromatic nitrogens is 2. The molecule has 1 N–H and O–H groups in total. The van der Waals surface area contributed by atoms with Crippen LogP contribution in [0, 0.1) is 34.5 Å². The summed E-state index contributed by atoms with van der Waals surface area (Å²) in [7, 11) is 0. The van der Waals surface area contributed by atoms with Gasteiger partial charge in [0.15, 0.2) is 0 Å². The van der Waals surface area contributed by atoms with E-state index in [2.05, 4.69) is 60.1 Å². The molecule has 1 aromatic carbocycles. The summed E-state index contributed by atoms with van der Waals surface area (Å²) in [6.07, 6.45) is 13.6. The number of fused-ring (bicyclic) bond motifs is 6. The Bertz CT molecular complexity index is 1460. The number of hydrogen-bond donors (Lipinski definition) is 1. The first-order chi connectivity index (χ1) is 20.3. The summed E-state index contributed by atoms with van der Waals surface area (Å²) in [6, 6.07) is 7.71. The van der Waals surface area contributed by atoms with Gasteiger partial charge in [0.25, 0.3) is 0 Å². The minimum Gasteiger partial charge on any atom is -0.461 e. The Kier molecular flexibility index (Phi) is 7.53. The first-order valence-electron chi connectivity index (χ1n) is 16.3. The standard InChI is InChI=1S/C36H49N3O4/c1-22(2)31(38-33(41)43-34(3,4)5)32(40)42-24-16-18-35(6)23(20-24)12-13-25-26-14-15-30(36(26,7)19-17-27(25)35)39-21-37-28-10-8-9-11-29(28)39/h8-12,15,21-22,24-27,31H,13-14,16-20H2,1-7H3,(H,38,41). The van der Waals surface area contributed by atoms with E-state index in [9.17, 15) is 9.59 Å². The Morgan fingerprint density at radius 1 is 1.02 bits per heavy atom. The number of nitrogens with one attached hydrogen (secondary N) is 1. The highest BCUT2D eigenvalue weighted by molar-refractivity contribution is 5.82. The lowest BCUT2D eigenvalue weighted by Gasteiger charge is -2.57.